The van der Waals surface area contributed by atoms with E-state index in [1.807, 2.05) is 6.07 Å². The van der Waals surface area contributed by atoms with Crippen LogP contribution in [0.4, 0.5) is 4.39 Å². The van der Waals surface area contributed by atoms with E-state index in [4.69, 9.17) is 5.73 Å². The molecular weight excluding hydrogens is 249 g/mol. The van der Waals surface area contributed by atoms with Gasteiger partial charge in [0, 0.05) is 22.0 Å². The fourth-order valence-corrected chi connectivity index (χ4v) is 2.90. The lowest BCUT2D eigenvalue weighted by molar-refractivity contribution is 0.630. The van der Waals surface area contributed by atoms with Gasteiger partial charge in [0.25, 0.3) is 0 Å². The van der Waals surface area contributed by atoms with Crippen LogP contribution < -0.4 is 5.73 Å². The third-order valence-corrected chi connectivity index (χ3v) is 3.89. The van der Waals surface area contributed by atoms with E-state index in [1.165, 1.54) is 23.5 Å². The molecular formula is C13H10FN3S. The lowest BCUT2D eigenvalue weighted by atomic mass is 10.1. The number of nitrogens with two attached hydrogens (primary N) is 1. The average Bonchev–Trinajstić information content (AvgIpc) is 2.81. The Hall–Kier alpha value is -1.85. The maximum Gasteiger partial charge on any atom is 0.124 e. The van der Waals surface area contributed by atoms with Gasteiger partial charge in [-0.3, -0.25) is 9.97 Å². The van der Waals surface area contributed by atoms with Crippen LogP contribution in [0.15, 0.2) is 42.9 Å². The van der Waals surface area contributed by atoms with Crippen LogP contribution in [0.5, 0.6) is 0 Å². The summed E-state index contributed by atoms with van der Waals surface area (Å²) in [5, 5.41) is 0.996. The van der Waals surface area contributed by atoms with Gasteiger partial charge < -0.3 is 5.73 Å². The zero-order chi connectivity index (χ0) is 12.5. The molecule has 0 amide bonds. The minimum absolute atomic E-state index is 0.232. The molecule has 18 heavy (non-hydrogen) atoms. The van der Waals surface area contributed by atoms with Crippen molar-refractivity contribution in [1.82, 2.24) is 9.97 Å². The quantitative estimate of drug-likeness (QED) is 0.770. The molecule has 0 radical (unpaired) electrons. The highest BCUT2D eigenvalue weighted by Crippen LogP contribution is 2.31. The van der Waals surface area contributed by atoms with Gasteiger partial charge in [-0.05, 0) is 23.6 Å². The van der Waals surface area contributed by atoms with Crippen LogP contribution in [0.2, 0.25) is 0 Å². The molecule has 3 nitrogen and oxygen atoms in total. The summed E-state index contributed by atoms with van der Waals surface area (Å²) >= 11 is 1.48. The molecule has 1 atom stereocenters. The molecule has 5 heteroatoms. The van der Waals surface area contributed by atoms with Crippen molar-refractivity contribution in [3.05, 3.63) is 59.2 Å². The molecule has 90 valence electrons. The highest BCUT2D eigenvalue weighted by atomic mass is 32.1. The predicted molar refractivity (Wildman–Crippen MR) is 69.8 cm³/mol. The first-order valence-corrected chi connectivity index (χ1v) is 6.26. The number of rotatable bonds is 2. The Morgan fingerprint density at radius 2 is 2.11 bits per heavy atom. The minimum Gasteiger partial charge on any atom is -0.318 e. The highest BCUT2D eigenvalue weighted by molar-refractivity contribution is 7.19. The van der Waals surface area contributed by atoms with Gasteiger partial charge in [0.2, 0.25) is 0 Å². The van der Waals surface area contributed by atoms with Crippen molar-refractivity contribution in [2.75, 3.05) is 0 Å². The zero-order valence-electron chi connectivity index (χ0n) is 9.38. The molecule has 0 aliphatic heterocycles. The summed E-state index contributed by atoms with van der Waals surface area (Å²) < 4.78 is 14.0. The Balaban J connectivity index is 2.04. The summed E-state index contributed by atoms with van der Waals surface area (Å²) in [4.78, 5) is 9.14. The van der Waals surface area contributed by atoms with Crippen LogP contribution in [0, 0.1) is 5.82 Å². The number of aromatic nitrogens is 2. The summed E-state index contributed by atoms with van der Waals surface area (Å²) in [5.74, 6) is -0.232. The fraction of sp³-hybridized carbons (Fsp3) is 0.0769. The smallest absolute Gasteiger partial charge is 0.124 e. The van der Waals surface area contributed by atoms with Crippen LogP contribution in [0.25, 0.3) is 10.1 Å². The predicted octanol–water partition coefficient (Wildman–Crippen LogP) is 2.88. The molecule has 0 spiro atoms. The molecule has 3 rings (SSSR count). The van der Waals surface area contributed by atoms with Gasteiger partial charge in [0.05, 0.1) is 17.9 Å². The Morgan fingerprint density at radius 3 is 2.89 bits per heavy atom. The average molecular weight is 259 g/mol. The van der Waals surface area contributed by atoms with Gasteiger partial charge in [0.1, 0.15) is 5.82 Å². The van der Waals surface area contributed by atoms with E-state index in [-0.39, 0.29) is 11.9 Å². The summed E-state index contributed by atoms with van der Waals surface area (Å²) in [7, 11) is 0. The lowest BCUT2D eigenvalue weighted by Gasteiger charge is -2.06. The number of thiophene rings is 1. The first kappa shape index (κ1) is 11.3. The van der Waals surface area contributed by atoms with Crippen molar-refractivity contribution in [2.24, 2.45) is 5.73 Å². The second kappa shape index (κ2) is 4.44. The molecule has 0 saturated carbocycles. The summed E-state index contributed by atoms with van der Waals surface area (Å²) in [6.07, 6.45) is 4.87. The largest absolute Gasteiger partial charge is 0.318 e. The molecule has 0 fully saturated rings. The minimum atomic E-state index is -0.320. The third-order valence-electron chi connectivity index (χ3n) is 2.71. The van der Waals surface area contributed by atoms with Crippen molar-refractivity contribution in [2.45, 2.75) is 6.04 Å². The van der Waals surface area contributed by atoms with Crippen molar-refractivity contribution < 1.29 is 4.39 Å². The molecule has 0 bridgehead atoms. The molecule has 0 aliphatic rings. The van der Waals surface area contributed by atoms with Gasteiger partial charge in [0.15, 0.2) is 0 Å². The molecule has 2 N–H and O–H groups in total. The van der Waals surface area contributed by atoms with Crippen LogP contribution in [-0.4, -0.2) is 9.97 Å². The normalized spacial score (nSPS) is 12.8. The van der Waals surface area contributed by atoms with E-state index in [2.05, 4.69) is 9.97 Å². The van der Waals surface area contributed by atoms with Gasteiger partial charge in [-0.25, -0.2) is 4.39 Å². The van der Waals surface area contributed by atoms with E-state index in [1.54, 1.807) is 24.7 Å². The monoisotopic (exact) mass is 259 g/mol. The van der Waals surface area contributed by atoms with Crippen molar-refractivity contribution >= 4 is 21.4 Å². The SMILES string of the molecule is NC(c1cnccn1)c1cc2ccc(F)cc2s1. The molecule has 1 unspecified atom stereocenters. The second-order valence-corrected chi connectivity index (χ2v) is 5.05. The van der Waals surface area contributed by atoms with Crippen LogP contribution in [0.3, 0.4) is 0 Å². The Morgan fingerprint density at radius 1 is 1.22 bits per heavy atom. The summed E-state index contributed by atoms with van der Waals surface area (Å²) in [6, 6.07) is 6.38. The first-order valence-electron chi connectivity index (χ1n) is 5.44. The molecule has 2 aromatic heterocycles. The Bertz CT molecular complexity index is 681. The number of hydrogen-bond acceptors (Lipinski definition) is 4. The van der Waals surface area contributed by atoms with E-state index in [0.717, 1.165) is 15.0 Å². The Kier molecular flexibility index (Phi) is 2.77. The molecule has 2 heterocycles. The number of halogens is 1. The van der Waals surface area contributed by atoms with Gasteiger partial charge in [-0.1, -0.05) is 6.07 Å². The highest BCUT2D eigenvalue weighted by Gasteiger charge is 2.13. The van der Waals surface area contributed by atoms with Gasteiger partial charge in [-0.15, -0.1) is 11.3 Å². The summed E-state index contributed by atoms with van der Waals surface area (Å²) in [5.41, 5.74) is 6.84. The Labute approximate surface area is 107 Å². The number of benzene rings is 1. The van der Waals surface area contributed by atoms with E-state index >= 15 is 0 Å². The van der Waals surface area contributed by atoms with Crippen molar-refractivity contribution in [1.29, 1.82) is 0 Å². The number of nitrogens with zero attached hydrogens (tertiary/aromatic N) is 2. The lowest BCUT2D eigenvalue weighted by Crippen LogP contribution is -2.11. The molecule has 1 aromatic carbocycles. The molecule has 3 aromatic rings. The maximum atomic E-state index is 13.1. The van der Waals surface area contributed by atoms with E-state index in [9.17, 15) is 4.39 Å². The summed E-state index contributed by atoms with van der Waals surface area (Å²) in [6.45, 7) is 0. The van der Waals surface area contributed by atoms with Gasteiger partial charge in [-0.2, -0.15) is 0 Å². The standard InChI is InChI=1S/C13H10FN3S/c14-9-2-1-8-5-12(18-11(8)6-9)13(15)10-7-16-3-4-17-10/h1-7,13H,15H2. The van der Waals surface area contributed by atoms with Gasteiger partial charge >= 0.3 is 0 Å². The van der Waals surface area contributed by atoms with Crippen molar-refractivity contribution in [3.63, 3.8) is 0 Å². The van der Waals surface area contributed by atoms with E-state index in [0.29, 0.717) is 5.69 Å². The fourth-order valence-electron chi connectivity index (χ4n) is 1.80. The van der Waals surface area contributed by atoms with Crippen LogP contribution >= 0.6 is 11.3 Å². The molecule has 0 saturated heterocycles. The van der Waals surface area contributed by atoms with Crippen LogP contribution in [0.1, 0.15) is 16.6 Å². The molecule has 0 aliphatic carbocycles. The number of hydrogen-bond donors (Lipinski definition) is 1. The van der Waals surface area contributed by atoms with Crippen molar-refractivity contribution in [3.8, 4) is 0 Å². The second-order valence-electron chi connectivity index (χ2n) is 3.94. The first-order chi connectivity index (χ1) is 8.74. The van der Waals surface area contributed by atoms with E-state index < -0.39 is 0 Å². The maximum absolute atomic E-state index is 13.1. The topological polar surface area (TPSA) is 51.8 Å². The van der Waals surface area contributed by atoms with Crippen LogP contribution in [-0.2, 0) is 0 Å². The number of fused-ring (bicyclic) bond motifs is 1. The zero-order valence-corrected chi connectivity index (χ0v) is 10.2. The third kappa shape index (κ3) is 1.98.